The standard InChI is InChI=1S/C17H18BrN3O2/c1-8-6-11-13(7-12(8)18)19-17(23)15(11)20-21-16(22)14-9-4-2-3-5-10(9)14/h6-7,9-10,14,19,23H,2-5H2,1H3/t9-,10+,14?. The van der Waals surface area contributed by atoms with E-state index in [2.05, 4.69) is 31.1 Å². The first-order valence-corrected chi connectivity index (χ1v) is 8.82. The number of benzene rings is 1. The number of fused-ring (bicyclic) bond motifs is 2. The highest BCUT2D eigenvalue weighted by Gasteiger charge is 2.54. The Hall–Kier alpha value is -1.69. The maximum Gasteiger partial charge on any atom is 0.268 e. The van der Waals surface area contributed by atoms with Gasteiger partial charge in [0, 0.05) is 15.8 Å². The SMILES string of the molecule is Cc1cc2c(N=NC(=O)C3[C@H]4CCCC[C@@H]34)c(O)[nH]c2cc1Br. The van der Waals surface area contributed by atoms with Crippen LogP contribution >= 0.6 is 15.9 Å². The van der Waals surface area contributed by atoms with E-state index in [0.717, 1.165) is 33.8 Å². The van der Waals surface area contributed by atoms with Crippen LogP contribution in [-0.4, -0.2) is 16.0 Å². The molecule has 4 rings (SSSR count). The number of carbonyl (C=O) groups is 1. The highest BCUT2D eigenvalue weighted by Crippen LogP contribution is 2.56. The van der Waals surface area contributed by atoms with E-state index in [1.165, 1.54) is 12.8 Å². The number of nitrogens with zero attached hydrogens (tertiary/aromatic N) is 2. The van der Waals surface area contributed by atoms with Crippen molar-refractivity contribution in [2.45, 2.75) is 32.6 Å². The Kier molecular flexibility index (Phi) is 3.52. The molecule has 2 N–H and O–H groups in total. The molecule has 2 aliphatic carbocycles. The molecule has 1 unspecified atom stereocenters. The summed E-state index contributed by atoms with van der Waals surface area (Å²) < 4.78 is 0.952. The van der Waals surface area contributed by atoms with Crippen LogP contribution in [0.25, 0.3) is 10.9 Å². The van der Waals surface area contributed by atoms with Crippen LogP contribution in [0.4, 0.5) is 5.69 Å². The summed E-state index contributed by atoms with van der Waals surface area (Å²) in [6.07, 6.45) is 4.73. The van der Waals surface area contributed by atoms with Gasteiger partial charge in [-0.3, -0.25) is 4.79 Å². The number of halogens is 1. The number of carbonyl (C=O) groups excluding carboxylic acids is 1. The van der Waals surface area contributed by atoms with Gasteiger partial charge in [-0.15, -0.1) is 10.2 Å². The van der Waals surface area contributed by atoms with E-state index in [9.17, 15) is 9.90 Å². The van der Waals surface area contributed by atoms with Gasteiger partial charge in [-0.05, 0) is 49.3 Å². The summed E-state index contributed by atoms with van der Waals surface area (Å²) in [5, 5.41) is 18.8. The molecule has 120 valence electrons. The fraction of sp³-hybridized carbons (Fsp3) is 0.471. The normalized spacial score (nSPS) is 26.6. The van der Waals surface area contributed by atoms with E-state index in [4.69, 9.17) is 0 Å². The van der Waals surface area contributed by atoms with Gasteiger partial charge in [-0.2, -0.15) is 0 Å². The fourth-order valence-corrected chi connectivity index (χ4v) is 4.26. The lowest BCUT2D eigenvalue weighted by Crippen LogP contribution is -1.97. The average Bonchev–Trinajstić information content (AvgIpc) is 3.18. The van der Waals surface area contributed by atoms with Crippen molar-refractivity contribution >= 4 is 38.4 Å². The molecule has 0 saturated heterocycles. The van der Waals surface area contributed by atoms with Crippen molar-refractivity contribution in [1.29, 1.82) is 0 Å². The number of hydrogen-bond acceptors (Lipinski definition) is 3. The molecule has 0 aliphatic heterocycles. The zero-order chi connectivity index (χ0) is 16.1. The molecule has 1 amide bonds. The molecule has 0 bridgehead atoms. The Bertz CT molecular complexity index is 815. The molecule has 23 heavy (non-hydrogen) atoms. The smallest absolute Gasteiger partial charge is 0.268 e. The number of aromatic hydroxyl groups is 1. The first-order valence-electron chi connectivity index (χ1n) is 8.02. The van der Waals surface area contributed by atoms with Gasteiger partial charge in [0.1, 0.15) is 0 Å². The molecule has 2 fully saturated rings. The van der Waals surface area contributed by atoms with Gasteiger partial charge >= 0.3 is 0 Å². The second kappa shape index (κ2) is 5.44. The lowest BCUT2D eigenvalue weighted by atomic mass is 10.0. The van der Waals surface area contributed by atoms with Crippen molar-refractivity contribution < 1.29 is 9.90 Å². The minimum Gasteiger partial charge on any atom is -0.493 e. The Balaban J connectivity index is 1.61. The zero-order valence-electron chi connectivity index (χ0n) is 12.8. The molecule has 0 spiro atoms. The van der Waals surface area contributed by atoms with Gasteiger partial charge in [0.05, 0.1) is 5.52 Å². The molecule has 2 aliphatic rings. The largest absolute Gasteiger partial charge is 0.493 e. The first kappa shape index (κ1) is 14.9. The van der Waals surface area contributed by atoms with Gasteiger partial charge in [-0.1, -0.05) is 28.8 Å². The monoisotopic (exact) mass is 375 g/mol. The third-order valence-corrected chi connectivity index (χ3v) is 6.08. The molecule has 2 aromatic rings. The van der Waals surface area contributed by atoms with E-state index >= 15 is 0 Å². The molecule has 5 nitrogen and oxygen atoms in total. The molecule has 1 aromatic carbocycles. The van der Waals surface area contributed by atoms with E-state index in [1.54, 1.807) is 0 Å². The van der Waals surface area contributed by atoms with E-state index in [1.807, 2.05) is 19.1 Å². The predicted molar refractivity (Wildman–Crippen MR) is 90.9 cm³/mol. The van der Waals surface area contributed by atoms with Gasteiger partial charge in [0.15, 0.2) is 5.69 Å². The van der Waals surface area contributed by atoms with Crippen LogP contribution < -0.4 is 0 Å². The van der Waals surface area contributed by atoms with Crippen LogP contribution in [0.2, 0.25) is 0 Å². The molecular weight excluding hydrogens is 358 g/mol. The maximum absolute atomic E-state index is 12.3. The van der Waals surface area contributed by atoms with Crippen LogP contribution in [0.15, 0.2) is 26.8 Å². The Morgan fingerprint density at radius 2 is 2.00 bits per heavy atom. The highest BCUT2D eigenvalue weighted by atomic mass is 79.9. The lowest BCUT2D eigenvalue weighted by molar-refractivity contribution is -0.120. The van der Waals surface area contributed by atoms with Gasteiger partial charge < -0.3 is 10.1 Å². The van der Waals surface area contributed by atoms with Crippen LogP contribution in [0.3, 0.4) is 0 Å². The highest BCUT2D eigenvalue weighted by molar-refractivity contribution is 9.10. The number of azo groups is 1. The Morgan fingerprint density at radius 3 is 2.70 bits per heavy atom. The van der Waals surface area contributed by atoms with Gasteiger partial charge in [0.2, 0.25) is 5.88 Å². The average molecular weight is 376 g/mol. The van der Waals surface area contributed by atoms with Crippen molar-refractivity contribution in [3.63, 3.8) is 0 Å². The fourth-order valence-electron chi connectivity index (χ4n) is 3.92. The van der Waals surface area contributed by atoms with E-state index < -0.39 is 0 Å². The van der Waals surface area contributed by atoms with Crippen LogP contribution in [0.1, 0.15) is 31.2 Å². The van der Waals surface area contributed by atoms with Crippen molar-refractivity contribution in [2.75, 3.05) is 0 Å². The summed E-state index contributed by atoms with van der Waals surface area (Å²) in [4.78, 5) is 15.1. The third-order valence-electron chi connectivity index (χ3n) is 5.22. The topological polar surface area (TPSA) is 77.8 Å². The molecule has 2 saturated carbocycles. The molecule has 1 aromatic heterocycles. The number of nitrogens with one attached hydrogen (secondary N) is 1. The minimum absolute atomic E-state index is 0.0535. The Morgan fingerprint density at radius 1 is 1.30 bits per heavy atom. The minimum atomic E-state index is -0.135. The molecule has 0 radical (unpaired) electrons. The molecule has 1 heterocycles. The summed E-state index contributed by atoms with van der Waals surface area (Å²) in [5.41, 5.74) is 2.14. The van der Waals surface area contributed by atoms with Crippen LogP contribution in [0, 0.1) is 24.7 Å². The second-order valence-corrected chi connectivity index (χ2v) is 7.50. The predicted octanol–water partition coefficient (Wildman–Crippen LogP) is 4.99. The summed E-state index contributed by atoms with van der Waals surface area (Å²) in [7, 11) is 0. The second-order valence-electron chi connectivity index (χ2n) is 6.65. The number of rotatable bonds is 2. The van der Waals surface area contributed by atoms with Crippen molar-refractivity contribution in [1.82, 2.24) is 4.98 Å². The van der Waals surface area contributed by atoms with Gasteiger partial charge in [0.25, 0.3) is 5.91 Å². The summed E-state index contributed by atoms with van der Waals surface area (Å²) in [6, 6.07) is 3.81. The Labute approximate surface area is 142 Å². The van der Waals surface area contributed by atoms with Crippen molar-refractivity contribution in [3.8, 4) is 5.88 Å². The molecule has 3 atom stereocenters. The van der Waals surface area contributed by atoms with E-state index in [0.29, 0.717) is 17.5 Å². The summed E-state index contributed by atoms with van der Waals surface area (Å²) in [6.45, 7) is 1.97. The number of aromatic amines is 1. The maximum atomic E-state index is 12.3. The van der Waals surface area contributed by atoms with Gasteiger partial charge in [-0.25, -0.2) is 0 Å². The van der Waals surface area contributed by atoms with E-state index in [-0.39, 0.29) is 17.7 Å². The zero-order valence-corrected chi connectivity index (χ0v) is 14.4. The number of H-pyrrole nitrogens is 1. The number of hydrogen-bond donors (Lipinski definition) is 2. The molecular formula is C17H18BrN3O2. The van der Waals surface area contributed by atoms with Crippen molar-refractivity contribution in [3.05, 3.63) is 22.2 Å². The number of aromatic nitrogens is 1. The van der Waals surface area contributed by atoms with Crippen LogP contribution in [-0.2, 0) is 4.79 Å². The summed E-state index contributed by atoms with van der Waals surface area (Å²) in [5.74, 6) is 0.908. The number of amides is 1. The molecule has 6 heteroatoms. The van der Waals surface area contributed by atoms with Crippen LogP contribution in [0.5, 0.6) is 5.88 Å². The lowest BCUT2D eigenvalue weighted by Gasteiger charge is -2.04. The third kappa shape index (κ3) is 2.49. The first-order chi connectivity index (χ1) is 11.1. The van der Waals surface area contributed by atoms with Crippen molar-refractivity contribution in [2.24, 2.45) is 28.0 Å². The quantitative estimate of drug-likeness (QED) is 0.725. The number of aryl methyl sites for hydroxylation is 1. The summed E-state index contributed by atoms with van der Waals surface area (Å²) >= 11 is 3.46.